The van der Waals surface area contributed by atoms with Crippen LogP contribution in [0.1, 0.15) is 0 Å². The molecule has 0 atom stereocenters. The van der Waals surface area contributed by atoms with Crippen molar-refractivity contribution in [3.05, 3.63) is 171 Å². The SMILES string of the molecule is c1cnc2ncc(-c3ccc(N(c4ccc(-c5cnc6ncccc6c5)cc4)c4ccc(-c5cc6oc7ccccc7c6cn5)cc4)cc3)cc2c1. The third-order valence-electron chi connectivity index (χ3n) is 9.51. The molecule has 4 aromatic carbocycles. The molecular weight excluding hydrogens is 641 g/mol. The Morgan fingerprint density at radius 3 is 1.50 bits per heavy atom. The van der Waals surface area contributed by atoms with Crippen molar-refractivity contribution in [1.82, 2.24) is 24.9 Å². The van der Waals surface area contributed by atoms with Crippen LogP contribution in [0.4, 0.5) is 17.1 Å². The van der Waals surface area contributed by atoms with Gasteiger partial charge in [0.1, 0.15) is 11.2 Å². The largest absolute Gasteiger partial charge is 0.456 e. The number of aromatic nitrogens is 5. The van der Waals surface area contributed by atoms with E-state index in [0.29, 0.717) is 0 Å². The van der Waals surface area contributed by atoms with Gasteiger partial charge in [0, 0.05) is 92.3 Å². The van der Waals surface area contributed by atoms with Gasteiger partial charge < -0.3 is 9.32 Å². The van der Waals surface area contributed by atoms with Gasteiger partial charge in [-0.05, 0) is 90.0 Å². The highest BCUT2D eigenvalue weighted by Crippen LogP contribution is 2.38. The van der Waals surface area contributed by atoms with Gasteiger partial charge in [-0.25, -0.2) is 19.9 Å². The molecule has 6 aromatic heterocycles. The maximum atomic E-state index is 6.16. The summed E-state index contributed by atoms with van der Waals surface area (Å²) in [6.07, 6.45) is 9.21. The molecule has 0 spiro atoms. The van der Waals surface area contributed by atoms with Crippen LogP contribution in [-0.4, -0.2) is 24.9 Å². The van der Waals surface area contributed by atoms with Crippen molar-refractivity contribution in [3.63, 3.8) is 0 Å². The van der Waals surface area contributed by atoms with Gasteiger partial charge in [0.2, 0.25) is 0 Å². The third kappa shape index (κ3) is 5.28. The average Bonchev–Trinajstić information content (AvgIpc) is 3.59. The van der Waals surface area contributed by atoms with Gasteiger partial charge in [0.05, 0.1) is 5.69 Å². The minimum Gasteiger partial charge on any atom is -0.456 e. The van der Waals surface area contributed by atoms with Crippen LogP contribution in [-0.2, 0) is 0 Å². The normalized spacial score (nSPS) is 11.5. The summed E-state index contributed by atoms with van der Waals surface area (Å²) in [6.45, 7) is 0. The fraction of sp³-hybridized carbons (Fsp3) is 0. The molecule has 0 unspecified atom stereocenters. The smallest absolute Gasteiger partial charge is 0.159 e. The molecule has 0 bridgehead atoms. The zero-order valence-corrected chi connectivity index (χ0v) is 27.8. The summed E-state index contributed by atoms with van der Waals surface area (Å²) in [7, 11) is 0. The Morgan fingerprint density at radius 2 is 0.923 bits per heavy atom. The summed E-state index contributed by atoms with van der Waals surface area (Å²) >= 11 is 0. The van der Waals surface area contributed by atoms with Crippen molar-refractivity contribution in [1.29, 1.82) is 0 Å². The molecule has 7 nitrogen and oxygen atoms in total. The minimum atomic E-state index is 0.741. The lowest BCUT2D eigenvalue weighted by Gasteiger charge is -2.26. The molecule has 6 heterocycles. The van der Waals surface area contributed by atoms with Crippen molar-refractivity contribution >= 4 is 61.1 Å². The van der Waals surface area contributed by atoms with Crippen LogP contribution >= 0.6 is 0 Å². The molecule has 0 saturated heterocycles. The summed E-state index contributed by atoms with van der Waals surface area (Å²) < 4.78 is 6.16. The minimum absolute atomic E-state index is 0.741. The molecular formula is C45H28N6O. The van der Waals surface area contributed by atoms with Crippen LogP contribution in [0, 0.1) is 0 Å². The summed E-state index contributed by atoms with van der Waals surface area (Å²) in [5, 5.41) is 4.11. The van der Waals surface area contributed by atoms with Crippen molar-refractivity contribution in [2.45, 2.75) is 0 Å². The van der Waals surface area contributed by atoms with E-state index in [4.69, 9.17) is 9.40 Å². The van der Waals surface area contributed by atoms with E-state index in [9.17, 15) is 0 Å². The van der Waals surface area contributed by atoms with Crippen molar-refractivity contribution in [2.75, 3.05) is 4.90 Å². The standard InChI is InChI=1S/C45H28N6O/c1-2-8-42-39(7-1)40-28-48-41(25-43(40)52-42)31-13-19-38(20-14-31)51(36-15-9-29(10-16-36)34-23-32-5-3-21-46-44(32)49-26-34)37-17-11-30(12-18-37)35-24-33-6-4-22-47-45(33)50-27-35/h1-28H. The number of para-hydroxylation sites is 1. The number of rotatable bonds is 6. The summed E-state index contributed by atoms with van der Waals surface area (Å²) in [5.41, 5.74) is 12.4. The van der Waals surface area contributed by atoms with E-state index in [1.54, 1.807) is 12.4 Å². The number of furan rings is 1. The number of nitrogens with zero attached hydrogens (tertiary/aromatic N) is 6. The van der Waals surface area contributed by atoms with Crippen LogP contribution in [0.2, 0.25) is 0 Å². The quantitative estimate of drug-likeness (QED) is 0.174. The van der Waals surface area contributed by atoms with Crippen LogP contribution in [0.15, 0.2) is 175 Å². The molecule has 52 heavy (non-hydrogen) atoms. The zero-order valence-electron chi connectivity index (χ0n) is 27.8. The van der Waals surface area contributed by atoms with Crippen LogP contribution < -0.4 is 4.90 Å². The molecule has 10 rings (SSSR count). The van der Waals surface area contributed by atoms with Gasteiger partial charge in [0.25, 0.3) is 0 Å². The number of fused-ring (bicyclic) bond motifs is 5. The second-order valence-electron chi connectivity index (χ2n) is 12.7. The topological polar surface area (TPSA) is 80.8 Å². The van der Waals surface area contributed by atoms with Crippen LogP contribution in [0.25, 0.3) is 77.5 Å². The number of anilines is 3. The van der Waals surface area contributed by atoms with Gasteiger partial charge in [-0.15, -0.1) is 0 Å². The number of benzene rings is 4. The Labute approximate surface area is 298 Å². The van der Waals surface area contributed by atoms with E-state index in [1.165, 1.54) is 0 Å². The monoisotopic (exact) mass is 668 g/mol. The second-order valence-corrected chi connectivity index (χ2v) is 12.7. The fourth-order valence-electron chi connectivity index (χ4n) is 6.86. The zero-order chi connectivity index (χ0) is 34.4. The molecule has 0 aliphatic carbocycles. The lowest BCUT2D eigenvalue weighted by Crippen LogP contribution is -2.09. The lowest BCUT2D eigenvalue weighted by molar-refractivity contribution is 0.668. The number of hydrogen-bond donors (Lipinski definition) is 0. The summed E-state index contributed by atoms with van der Waals surface area (Å²) in [5.74, 6) is 0. The maximum absolute atomic E-state index is 6.16. The molecule has 0 N–H and O–H groups in total. The first kappa shape index (κ1) is 29.6. The van der Waals surface area contributed by atoms with E-state index in [1.807, 2.05) is 67.1 Å². The first-order valence-electron chi connectivity index (χ1n) is 17.0. The van der Waals surface area contributed by atoms with Gasteiger partial charge in [0.15, 0.2) is 11.3 Å². The number of pyridine rings is 5. The Kier molecular flexibility index (Phi) is 6.99. The summed E-state index contributed by atoms with van der Waals surface area (Å²) in [6, 6.07) is 48.0. The van der Waals surface area contributed by atoms with E-state index < -0.39 is 0 Å². The molecule has 0 saturated carbocycles. The van der Waals surface area contributed by atoms with Crippen LogP contribution in [0.5, 0.6) is 0 Å². The predicted molar refractivity (Wildman–Crippen MR) is 209 cm³/mol. The Bertz CT molecular complexity index is 2780. The first-order valence-corrected chi connectivity index (χ1v) is 17.0. The lowest BCUT2D eigenvalue weighted by atomic mass is 10.0. The molecule has 7 heteroatoms. The molecule has 0 radical (unpaired) electrons. The maximum Gasteiger partial charge on any atom is 0.159 e. The molecule has 0 amide bonds. The second kappa shape index (κ2) is 12.3. The van der Waals surface area contributed by atoms with E-state index >= 15 is 0 Å². The fourth-order valence-corrected chi connectivity index (χ4v) is 6.86. The van der Waals surface area contributed by atoms with Gasteiger partial charge in [-0.2, -0.15) is 0 Å². The van der Waals surface area contributed by atoms with Crippen molar-refractivity contribution < 1.29 is 4.42 Å². The number of hydrogen-bond acceptors (Lipinski definition) is 7. The molecule has 244 valence electrons. The average molecular weight is 669 g/mol. The molecule has 10 aromatic rings. The highest BCUT2D eigenvalue weighted by Gasteiger charge is 2.15. The highest BCUT2D eigenvalue weighted by atomic mass is 16.3. The Morgan fingerprint density at radius 1 is 0.385 bits per heavy atom. The molecule has 0 fully saturated rings. The van der Waals surface area contributed by atoms with Gasteiger partial charge in [-0.3, -0.25) is 4.98 Å². The van der Waals surface area contributed by atoms with Crippen molar-refractivity contribution in [2.24, 2.45) is 0 Å². The Balaban J connectivity index is 1.02. The highest BCUT2D eigenvalue weighted by molar-refractivity contribution is 6.05. The first-order chi connectivity index (χ1) is 25.7. The van der Waals surface area contributed by atoms with Crippen molar-refractivity contribution in [3.8, 4) is 33.5 Å². The van der Waals surface area contributed by atoms with Crippen LogP contribution in [0.3, 0.4) is 0 Å². The molecule has 0 aliphatic heterocycles. The van der Waals surface area contributed by atoms with E-state index in [-0.39, 0.29) is 0 Å². The van der Waals surface area contributed by atoms with E-state index in [0.717, 1.165) is 94.6 Å². The predicted octanol–water partition coefficient (Wildman–Crippen LogP) is 11.3. The van der Waals surface area contributed by atoms with Gasteiger partial charge >= 0.3 is 0 Å². The third-order valence-corrected chi connectivity index (χ3v) is 9.51. The Hall–Kier alpha value is -7.25. The van der Waals surface area contributed by atoms with E-state index in [2.05, 4.69) is 116 Å². The van der Waals surface area contributed by atoms with Gasteiger partial charge in [-0.1, -0.05) is 54.6 Å². The summed E-state index contributed by atoms with van der Waals surface area (Å²) in [4.78, 5) is 25.0. The molecule has 0 aliphatic rings.